The average Bonchev–Trinajstić information content (AvgIpc) is 3.09. The van der Waals surface area contributed by atoms with Crippen molar-refractivity contribution in [2.45, 2.75) is 6.61 Å². The maximum Gasteiger partial charge on any atom is 0.257 e. The predicted molar refractivity (Wildman–Crippen MR) is 106 cm³/mol. The van der Waals surface area contributed by atoms with E-state index in [-0.39, 0.29) is 24.3 Å². The molecule has 1 saturated heterocycles. The lowest BCUT2D eigenvalue weighted by Gasteiger charge is -2.20. The number of aliphatic hydroxyl groups is 1. The molecule has 1 amide bonds. The highest BCUT2D eigenvalue weighted by atomic mass is 16.5. The number of rotatable bonds is 7. The second-order valence-corrected chi connectivity index (χ2v) is 7.45. The lowest BCUT2D eigenvalue weighted by molar-refractivity contribution is 0.0774. The van der Waals surface area contributed by atoms with Gasteiger partial charge in [-0.1, -0.05) is 42.5 Å². The zero-order valence-electron chi connectivity index (χ0n) is 16.0. The molecular formula is C22H28N2O3. The van der Waals surface area contributed by atoms with Crippen molar-refractivity contribution in [3.63, 3.8) is 0 Å². The number of aliphatic hydroxyl groups excluding tert-OH is 1. The molecule has 2 aromatic carbocycles. The van der Waals surface area contributed by atoms with Crippen LogP contribution in [0.3, 0.4) is 0 Å². The standard InChI is InChI=1S/C22H28N2O3/c1-23(2)12-18-13-24(14-19(18)15-25)22(26)20-10-6-7-11-21(20)27-16-17-8-4-3-5-9-17/h3-11,18-19,25H,12-16H2,1-2H3/t18-,19-/m1/s1. The molecule has 0 bridgehead atoms. The predicted octanol–water partition coefficient (Wildman–Crippen LogP) is 2.51. The summed E-state index contributed by atoms with van der Waals surface area (Å²) in [5, 5.41) is 9.70. The van der Waals surface area contributed by atoms with Crippen LogP contribution in [-0.4, -0.2) is 61.2 Å². The van der Waals surface area contributed by atoms with E-state index in [1.54, 1.807) is 0 Å². The third kappa shape index (κ3) is 4.87. The Morgan fingerprint density at radius 1 is 1.07 bits per heavy atom. The summed E-state index contributed by atoms with van der Waals surface area (Å²) < 4.78 is 5.94. The Morgan fingerprint density at radius 2 is 1.74 bits per heavy atom. The van der Waals surface area contributed by atoms with E-state index in [4.69, 9.17) is 4.74 Å². The van der Waals surface area contributed by atoms with Crippen LogP contribution in [0.1, 0.15) is 15.9 Å². The molecule has 0 aliphatic carbocycles. The molecule has 1 heterocycles. The van der Waals surface area contributed by atoms with E-state index in [0.29, 0.717) is 31.0 Å². The number of amides is 1. The maximum atomic E-state index is 13.1. The number of ether oxygens (including phenoxy) is 1. The van der Waals surface area contributed by atoms with Crippen molar-refractivity contribution in [1.82, 2.24) is 9.80 Å². The van der Waals surface area contributed by atoms with E-state index < -0.39 is 0 Å². The molecular weight excluding hydrogens is 340 g/mol. The van der Waals surface area contributed by atoms with E-state index in [1.165, 1.54) is 0 Å². The van der Waals surface area contributed by atoms with E-state index in [2.05, 4.69) is 4.90 Å². The fourth-order valence-corrected chi connectivity index (χ4v) is 3.66. The Morgan fingerprint density at radius 3 is 2.44 bits per heavy atom. The van der Waals surface area contributed by atoms with Crippen molar-refractivity contribution in [2.75, 3.05) is 40.3 Å². The highest BCUT2D eigenvalue weighted by Crippen LogP contribution is 2.28. The minimum absolute atomic E-state index is 0.0293. The van der Waals surface area contributed by atoms with Crippen molar-refractivity contribution < 1.29 is 14.6 Å². The van der Waals surface area contributed by atoms with Crippen LogP contribution in [0.25, 0.3) is 0 Å². The van der Waals surface area contributed by atoms with Crippen LogP contribution in [0.15, 0.2) is 54.6 Å². The number of likely N-dealkylation sites (tertiary alicyclic amines) is 1. The highest BCUT2D eigenvalue weighted by Gasteiger charge is 2.36. The molecule has 27 heavy (non-hydrogen) atoms. The average molecular weight is 368 g/mol. The van der Waals surface area contributed by atoms with Crippen LogP contribution < -0.4 is 4.74 Å². The minimum atomic E-state index is -0.0293. The first-order chi connectivity index (χ1) is 13.1. The van der Waals surface area contributed by atoms with Crippen molar-refractivity contribution in [1.29, 1.82) is 0 Å². The topological polar surface area (TPSA) is 53.0 Å². The Hall–Kier alpha value is -2.37. The monoisotopic (exact) mass is 368 g/mol. The Labute approximate surface area is 161 Å². The zero-order valence-corrected chi connectivity index (χ0v) is 16.0. The fourth-order valence-electron chi connectivity index (χ4n) is 3.66. The quantitative estimate of drug-likeness (QED) is 0.816. The van der Waals surface area contributed by atoms with Gasteiger partial charge >= 0.3 is 0 Å². The Balaban J connectivity index is 1.71. The molecule has 1 aliphatic heterocycles. The highest BCUT2D eigenvalue weighted by molar-refractivity contribution is 5.97. The molecule has 0 spiro atoms. The molecule has 0 aromatic heterocycles. The van der Waals surface area contributed by atoms with Gasteiger partial charge in [0.2, 0.25) is 0 Å². The number of carbonyl (C=O) groups is 1. The molecule has 1 fully saturated rings. The summed E-state index contributed by atoms with van der Waals surface area (Å²) in [5.41, 5.74) is 1.64. The zero-order chi connectivity index (χ0) is 19.2. The number of para-hydroxylation sites is 1. The van der Waals surface area contributed by atoms with Gasteiger partial charge in [0.1, 0.15) is 12.4 Å². The van der Waals surface area contributed by atoms with Crippen LogP contribution in [0.5, 0.6) is 5.75 Å². The third-order valence-corrected chi connectivity index (χ3v) is 5.05. The van der Waals surface area contributed by atoms with Crippen molar-refractivity contribution in [3.8, 4) is 5.75 Å². The van der Waals surface area contributed by atoms with Crippen LogP contribution in [0, 0.1) is 11.8 Å². The van der Waals surface area contributed by atoms with Gasteiger partial charge in [0.05, 0.1) is 5.56 Å². The van der Waals surface area contributed by atoms with E-state index >= 15 is 0 Å². The van der Waals surface area contributed by atoms with Crippen molar-refractivity contribution in [2.24, 2.45) is 11.8 Å². The Bertz CT molecular complexity index is 748. The van der Waals surface area contributed by atoms with Crippen molar-refractivity contribution >= 4 is 5.91 Å². The second-order valence-electron chi connectivity index (χ2n) is 7.45. The molecule has 1 aliphatic rings. The summed E-state index contributed by atoms with van der Waals surface area (Å²) in [5.74, 6) is 0.974. The summed E-state index contributed by atoms with van der Waals surface area (Å²) in [6.07, 6.45) is 0. The van der Waals surface area contributed by atoms with E-state index in [1.807, 2.05) is 73.6 Å². The molecule has 5 heteroatoms. The first kappa shape index (κ1) is 19.4. The summed E-state index contributed by atoms with van der Waals surface area (Å²) in [6.45, 7) is 2.64. The van der Waals surface area contributed by atoms with Gasteiger partial charge in [-0.3, -0.25) is 4.79 Å². The Kier molecular flexibility index (Phi) is 6.48. The van der Waals surface area contributed by atoms with Gasteiger partial charge in [-0.15, -0.1) is 0 Å². The first-order valence-corrected chi connectivity index (χ1v) is 9.39. The van der Waals surface area contributed by atoms with E-state index in [9.17, 15) is 9.90 Å². The van der Waals surface area contributed by atoms with Crippen LogP contribution in [0.2, 0.25) is 0 Å². The lowest BCUT2D eigenvalue weighted by atomic mass is 9.97. The minimum Gasteiger partial charge on any atom is -0.488 e. The maximum absolute atomic E-state index is 13.1. The van der Waals surface area contributed by atoms with Gasteiger partial charge in [-0.05, 0) is 37.7 Å². The van der Waals surface area contributed by atoms with E-state index in [0.717, 1.165) is 12.1 Å². The van der Waals surface area contributed by atoms with Gasteiger partial charge in [0, 0.05) is 32.2 Å². The molecule has 0 unspecified atom stereocenters. The largest absolute Gasteiger partial charge is 0.488 e. The summed E-state index contributed by atoms with van der Waals surface area (Å²) in [4.78, 5) is 17.1. The van der Waals surface area contributed by atoms with Crippen LogP contribution >= 0.6 is 0 Å². The molecule has 2 aromatic rings. The van der Waals surface area contributed by atoms with Gasteiger partial charge < -0.3 is 19.6 Å². The first-order valence-electron chi connectivity index (χ1n) is 9.39. The third-order valence-electron chi connectivity index (χ3n) is 5.05. The summed E-state index contributed by atoms with van der Waals surface area (Å²) >= 11 is 0. The van der Waals surface area contributed by atoms with Gasteiger partial charge in [0.25, 0.3) is 5.91 Å². The van der Waals surface area contributed by atoms with Crippen LogP contribution in [-0.2, 0) is 6.61 Å². The van der Waals surface area contributed by atoms with Gasteiger partial charge in [-0.2, -0.15) is 0 Å². The SMILES string of the molecule is CN(C)C[C@@H]1CN(C(=O)c2ccccc2OCc2ccccc2)C[C@@H]1CO. The number of carbonyl (C=O) groups excluding carboxylic acids is 1. The normalized spacial score (nSPS) is 19.5. The number of nitrogens with zero attached hydrogens (tertiary/aromatic N) is 2. The number of hydrogen-bond donors (Lipinski definition) is 1. The molecule has 144 valence electrons. The molecule has 2 atom stereocenters. The molecule has 5 nitrogen and oxygen atoms in total. The molecule has 0 saturated carbocycles. The summed E-state index contributed by atoms with van der Waals surface area (Å²) in [7, 11) is 4.04. The number of benzene rings is 2. The molecule has 1 N–H and O–H groups in total. The summed E-state index contributed by atoms with van der Waals surface area (Å²) in [6, 6.07) is 17.3. The van der Waals surface area contributed by atoms with Crippen LogP contribution in [0.4, 0.5) is 0 Å². The smallest absolute Gasteiger partial charge is 0.257 e. The molecule has 0 radical (unpaired) electrons. The fraction of sp³-hybridized carbons (Fsp3) is 0.409. The lowest BCUT2D eigenvalue weighted by Crippen LogP contribution is -2.31. The molecule has 3 rings (SSSR count). The van der Waals surface area contributed by atoms with Gasteiger partial charge in [0.15, 0.2) is 0 Å². The second kappa shape index (κ2) is 9.02. The van der Waals surface area contributed by atoms with Gasteiger partial charge in [-0.25, -0.2) is 0 Å². The van der Waals surface area contributed by atoms with Crippen molar-refractivity contribution in [3.05, 3.63) is 65.7 Å². The number of hydrogen-bond acceptors (Lipinski definition) is 4.